The van der Waals surface area contributed by atoms with Crippen molar-refractivity contribution in [1.82, 2.24) is 24.6 Å². The van der Waals surface area contributed by atoms with Gasteiger partial charge in [0.2, 0.25) is 0 Å². The number of hydrogen-bond donors (Lipinski definition) is 1. The van der Waals surface area contributed by atoms with Crippen molar-refractivity contribution in [3.05, 3.63) is 95.9 Å². The topological polar surface area (TPSA) is 58.3 Å². The van der Waals surface area contributed by atoms with Gasteiger partial charge < -0.3 is 14.8 Å². The minimum Gasteiger partial charge on any atom is -0.369 e. The summed E-state index contributed by atoms with van der Waals surface area (Å²) in [5.41, 5.74) is 2.81. The second kappa shape index (κ2) is 11.0. The number of aryl methyl sites for hydroxylation is 1. The van der Waals surface area contributed by atoms with Crippen molar-refractivity contribution in [2.45, 2.75) is 13.3 Å². The summed E-state index contributed by atoms with van der Waals surface area (Å²) in [6.45, 7) is 6.86. The van der Waals surface area contributed by atoms with Gasteiger partial charge in [-0.1, -0.05) is 0 Å². The number of halogens is 2. The van der Waals surface area contributed by atoms with E-state index < -0.39 is 0 Å². The molecule has 1 saturated heterocycles. The third-order valence-electron chi connectivity index (χ3n) is 6.68. The molecule has 7 nitrogen and oxygen atoms in total. The fraction of sp³-hybridized carbons (Fsp3) is 0.286. The van der Waals surface area contributed by atoms with E-state index in [9.17, 15) is 13.6 Å². The molecule has 1 aliphatic rings. The van der Waals surface area contributed by atoms with E-state index in [0.717, 1.165) is 44.8 Å². The van der Waals surface area contributed by atoms with Crippen molar-refractivity contribution in [1.29, 1.82) is 0 Å². The molecule has 37 heavy (non-hydrogen) atoms. The van der Waals surface area contributed by atoms with Gasteiger partial charge in [0.1, 0.15) is 17.2 Å². The van der Waals surface area contributed by atoms with Crippen molar-refractivity contribution in [2.75, 3.05) is 44.2 Å². The lowest BCUT2D eigenvalue weighted by Crippen LogP contribution is -2.47. The van der Waals surface area contributed by atoms with Gasteiger partial charge in [0.05, 0.1) is 11.4 Å². The number of aromatic nitrogens is 3. The lowest BCUT2D eigenvalue weighted by molar-refractivity contribution is 0.0951. The van der Waals surface area contributed by atoms with Gasteiger partial charge in [0.25, 0.3) is 5.91 Å². The first-order valence-electron chi connectivity index (χ1n) is 12.5. The standard InChI is InChI=1S/C28H30F2N6O/c1-21-26(28(35-15-2-3-16-35)36(32-21)25-11-7-23(30)8-12-25)27(37)31-13-4-14-33-17-19-34(20-18-33)24-9-5-22(29)6-10-24/h2-3,5-12,15-16H,4,13-14,17-20H2,1H3,(H,31,37). The third-order valence-corrected chi connectivity index (χ3v) is 6.68. The highest BCUT2D eigenvalue weighted by molar-refractivity contribution is 5.98. The van der Waals surface area contributed by atoms with E-state index in [4.69, 9.17) is 0 Å². The number of rotatable bonds is 8. The number of piperazine rings is 1. The molecule has 1 amide bonds. The Labute approximate surface area is 214 Å². The minimum absolute atomic E-state index is 0.185. The molecule has 1 fully saturated rings. The Hall–Kier alpha value is -3.98. The van der Waals surface area contributed by atoms with Gasteiger partial charge >= 0.3 is 0 Å². The Morgan fingerprint density at radius 3 is 2.11 bits per heavy atom. The van der Waals surface area contributed by atoms with Crippen LogP contribution >= 0.6 is 0 Å². The zero-order chi connectivity index (χ0) is 25.8. The third kappa shape index (κ3) is 5.56. The molecule has 0 saturated carbocycles. The van der Waals surface area contributed by atoms with Crippen LogP contribution in [0.3, 0.4) is 0 Å². The van der Waals surface area contributed by atoms with Gasteiger partial charge in [0.15, 0.2) is 5.82 Å². The van der Waals surface area contributed by atoms with Crippen LogP contribution in [-0.4, -0.2) is 64.4 Å². The lowest BCUT2D eigenvalue weighted by Gasteiger charge is -2.36. The van der Waals surface area contributed by atoms with E-state index in [-0.39, 0.29) is 17.5 Å². The van der Waals surface area contributed by atoms with Crippen LogP contribution in [0.4, 0.5) is 14.5 Å². The molecule has 1 N–H and O–H groups in total. The number of nitrogens with one attached hydrogen (secondary N) is 1. The largest absolute Gasteiger partial charge is 0.369 e. The van der Waals surface area contributed by atoms with Crippen LogP contribution in [-0.2, 0) is 0 Å². The van der Waals surface area contributed by atoms with Gasteiger partial charge in [-0.25, -0.2) is 13.5 Å². The molecule has 0 aliphatic carbocycles. The maximum absolute atomic E-state index is 13.5. The summed E-state index contributed by atoms with van der Waals surface area (Å²) in [6, 6.07) is 16.5. The fourth-order valence-corrected chi connectivity index (χ4v) is 4.73. The molecule has 3 heterocycles. The van der Waals surface area contributed by atoms with Crippen LogP contribution in [0.1, 0.15) is 22.5 Å². The summed E-state index contributed by atoms with van der Waals surface area (Å²) in [4.78, 5) is 17.9. The number of carbonyl (C=O) groups is 1. The zero-order valence-corrected chi connectivity index (χ0v) is 20.8. The highest BCUT2D eigenvalue weighted by Gasteiger charge is 2.24. The summed E-state index contributed by atoms with van der Waals surface area (Å²) in [7, 11) is 0. The quantitative estimate of drug-likeness (QED) is 0.366. The Morgan fingerprint density at radius 2 is 1.49 bits per heavy atom. The second-order valence-electron chi connectivity index (χ2n) is 9.18. The molecule has 0 bridgehead atoms. The smallest absolute Gasteiger partial charge is 0.256 e. The lowest BCUT2D eigenvalue weighted by atomic mass is 10.2. The van der Waals surface area contributed by atoms with Crippen molar-refractivity contribution in [3.63, 3.8) is 0 Å². The first kappa shape index (κ1) is 24.7. The molecule has 2 aromatic heterocycles. The summed E-state index contributed by atoms with van der Waals surface area (Å²) in [5.74, 6) is -0.118. The Bertz CT molecular complexity index is 1320. The maximum Gasteiger partial charge on any atom is 0.256 e. The maximum atomic E-state index is 13.5. The highest BCUT2D eigenvalue weighted by Crippen LogP contribution is 2.23. The van der Waals surface area contributed by atoms with E-state index in [0.29, 0.717) is 29.3 Å². The van der Waals surface area contributed by atoms with E-state index in [1.54, 1.807) is 16.8 Å². The Morgan fingerprint density at radius 1 is 0.892 bits per heavy atom. The molecular formula is C28H30F2N6O. The van der Waals surface area contributed by atoms with Crippen molar-refractivity contribution in [3.8, 4) is 11.5 Å². The number of amides is 1. The molecule has 0 spiro atoms. The summed E-state index contributed by atoms with van der Waals surface area (Å²) in [6.07, 6.45) is 4.55. The monoisotopic (exact) mass is 504 g/mol. The molecule has 5 rings (SSSR count). The molecule has 1 aliphatic heterocycles. The van der Waals surface area contributed by atoms with Crippen LogP contribution in [0.15, 0.2) is 73.1 Å². The highest BCUT2D eigenvalue weighted by atomic mass is 19.1. The molecule has 4 aromatic rings. The van der Waals surface area contributed by atoms with Gasteiger partial charge in [-0.05, 0) is 80.6 Å². The van der Waals surface area contributed by atoms with Crippen molar-refractivity contribution < 1.29 is 13.6 Å². The molecular weight excluding hydrogens is 474 g/mol. The number of anilines is 1. The van der Waals surface area contributed by atoms with Crippen molar-refractivity contribution >= 4 is 11.6 Å². The Kier molecular flexibility index (Phi) is 7.32. The van der Waals surface area contributed by atoms with Gasteiger partial charge in [0, 0.05) is 50.8 Å². The minimum atomic E-state index is -0.329. The molecule has 2 aromatic carbocycles. The van der Waals surface area contributed by atoms with Gasteiger partial charge in [-0.15, -0.1) is 0 Å². The number of hydrogen-bond acceptors (Lipinski definition) is 4. The number of benzene rings is 2. The SMILES string of the molecule is Cc1nn(-c2ccc(F)cc2)c(-n2cccc2)c1C(=O)NCCCN1CCN(c2ccc(F)cc2)CC1. The van der Waals surface area contributed by atoms with Gasteiger partial charge in [-0.3, -0.25) is 9.69 Å². The first-order chi connectivity index (χ1) is 18.0. The fourth-order valence-electron chi connectivity index (χ4n) is 4.73. The molecule has 0 atom stereocenters. The van der Waals surface area contributed by atoms with Crippen LogP contribution < -0.4 is 10.2 Å². The average molecular weight is 505 g/mol. The van der Waals surface area contributed by atoms with Gasteiger partial charge in [-0.2, -0.15) is 5.10 Å². The van der Waals surface area contributed by atoms with Crippen LogP contribution in [0.5, 0.6) is 0 Å². The summed E-state index contributed by atoms with van der Waals surface area (Å²) < 4.78 is 30.2. The summed E-state index contributed by atoms with van der Waals surface area (Å²) in [5, 5.41) is 7.66. The van der Waals surface area contributed by atoms with Crippen LogP contribution in [0.25, 0.3) is 11.5 Å². The van der Waals surface area contributed by atoms with E-state index in [2.05, 4.69) is 20.2 Å². The number of nitrogens with zero attached hydrogens (tertiary/aromatic N) is 5. The second-order valence-corrected chi connectivity index (χ2v) is 9.18. The molecule has 9 heteroatoms. The van der Waals surface area contributed by atoms with E-state index in [1.807, 2.05) is 48.1 Å². The molecule has 0 radical (unpaired) electrons. The normalized spacial score (nSPS) is 14.2. The van der Waals surface area contributed by atoms with Crippen LogP contribution in [0, 0.1) is 18.6 Å². The predicted molar refractivity (Wildman–Crippen MR) is 140 cm³/mol. The zero-order valence-electron chi connectivity index (χ0n) is 20.8. The first-order valence-corrected chi connectivity index (χ1v) is 12.5. The van der Waals surface area contributed by atoms with E-state index >= 15 is 0 Å². The average Bonchev–Trinajstić information content (AvgIpc) is 3.56. The van der Waals surface area contributed by atoms with Crippen molar-refractivity contribution in [2.24, 2.45) is 0 Å². The predicted octanol–water partition coefficient (Wildman–Crippen LogP) is 4.19. The molecule has 192 valence electrons. The summed E-state index contributed by atoms with van der Waals surface area (Å²) >= 11 is 0. The van der Waals surface area contributed by atoms with E-state index in [1.165, 1.54) is 24.3 Å². The Balaban J connectivity index is 1.19. The molecule has 0 unspecified atom stereocenters. The number of carbonyl (C=O) groups excluding carboxylic acids is 1. The van der Waals surface area contributed by atoms with Crippen LogP contribution in [0.2, 0.25) is 0 Å².